The summed E-state index contributed by atoms with van der Waals surface area (Å²) in [5.74, 6) is 1.76. The molecule has 0 atom stereocenters. The van der Waals surface area contributed by atoms with Crippen LogP contribution in [0, 0.1) is 11.8 Å². The van der Waals surface area contributed by atoms with Crippen molar-refractivity contribution in [1.29, 1.82) is 0 Å². The lowest BCUT2D eigenvalue weighted by Crippen LogP contribution is -2.40. The Kier molecular flexibility index (Phi) is 3.55. The highest BCUT2D eigenvalue weighted by molar-refractivity contribution is 4.83. The van der Waals surface area contributed by atoms with Crippen molar-refractivity contribution in [3.63, 3.8) is 0 Å². The lowest BCUT2D eigenvalue weighted by Gasteiger charge is -2.33. The van der Waals surface area contributed by atoms with Crippen LogP contribution in [-0.2, 0) is 0 Å². The van der Waals surface area contributed by atoms with E-state index in [2.05, 4.69) is 33.8 Å². The van der Waals surface area contributed by atoms with E-state index in [4.69, 9.17) is 0 Å². The van der Waals surface area contributed by atoms with Crippen LogP contribution in [0.2, 0.25) is 0 Å². The maximum absolute atomic E-state index is 3.88. The van der Waals surface area contributed by atoms with Gasteiger partial charge >= 0.3 is 0 Å². The van der Waals surface area contributed by atoms with Gasteiger partial charge in [0.1, 0.15) is 0 Å². The monoisotopic (exact) mass is 182 g/mol. The fourth-order valence-corrected chi connectivity index (χ4v) is 2.38. The molecular formula is C12H24N+. The Balaban J connectivity index is 2.29. The fourth-order valence-electron chi connectivity index (χ4n) is 2.38. The van der Waals surface area contributed by atoms with Gasteiger partial charge in [-0.15, -0.1) is 6.58 Å². The van der Waals surface area contributed by atoms with E-state index in [0.717, 1.165) is 16.3 Å². The number of allylic oxidation sites excluding steroid dienone is 1. The van der Waals surface area contributed by atoms with Gasteiger partial charge in [-0.2, -0.15) is 0 Å². The number of rotatable bonds is 3. The number of nitrogens with zero attached hydrogens (tertiary/aromatic N) is 1. The molecule has 1 saturated carbocycles. The molecule has 1 fully saturated rings. The van der Waals surface area contributed by atoms with Crippen molar-refractivity contribution >= 4 is 0 Å². The van der Waals surface area contributed by atoms with E-state index in [-0.39, 0.29) is 0 Å². The molecule has 1 rings (SSSR count). The Morgan fingerprint density at radius 1 is 1.15 bits per heavy atom. The average molecular weight is 182 g/mol. The van der Waals surface area contributed by atoms with E-state index < -0.39 is 0 Å². The van der Waals surface area contributed by atoms with Gasteiger partial charge in [0, 0.05) is 5.92 Å². The number of quaternary nitrogens is 1. The van der Waals surface area contributed by atoms with Gasteiger partial charge in [-0.3, -0.25) is 0 Å². The van der Waals surface area contributed by atoms with Crippen LogP contribution in [0.25, 0.3) is 0 Å². The van der Waals surface area contributed by atoms with Crippen LogP contribution < -0.4 is 0 Å². The molecule has 13 heavy (non-hydrogen) atoms. The van der Waals surface area contributed by atoms with Crippen molar-refractivity contribution < 1.29 is 4.48 Å². The predicted molar refractivity (Wildman–Crippen MR) is 58.5 cm³/mol. The van der Waals surface area contributed by atoms with Crippen molar-refractivity contribution in [2.75, 3.05) is 27.7 Å². The molecule has 0 heterocycles. The maximum Gasteiger partial charge on any atom is 0.0809 e. The minimum atomic E-state index is 0.809. The molecule has 0 aromatic heterocycles. The lowest BCUT2D eigenvalue weighted by atomic mass is 9.82. The first-order chi connectivity index (χ1) is 6.01. The zero-order valence-corrected chi connectivity index (χ0v) is 9.42. The molecule has 0 bridgehead atoms. The minimum Gasteiger partial charge on any atom is -0.331 e. The Bertz CT molecular complexity index is 158. The summed E-state index contributed by atoms with van der Waals surface area (Å²) in [4.78, 5) is 0. The van der Waals surface area contributed by atoms with Crippen LogP contribution >= 0.6 is 0 Å². The molecule has 0 N–H and O–H groups in total. The first-order valence-corrected chi connectivity index (χ1v) is 5.44. The molecule has 0 aromatic rings. The molecule has 0 saturated heterocycles. The van der Waals surface area contributed by atoms with Crippen molar-refractivity contribution in [3.05, 3.63) is 12.7 Å². The van der Waals surface area contributed by atoms with Crippen LogP contribution in [0.1, 0.15) is 25.7 Å². The van der Waals surface area contributed by atoms with Gasteiger partial charge in [0.25, 0.3) is 0 Å². The predicted octanol–water partition coefficient (Wildman–Crippen LogP) is 2.69. The van der Waals surface area contributed by atoms with E-state index >= 15 is 0 Å². The summed E-state index contributed by atoms with van der Waals surface area (Å²) >= 11 is 0. The van der Waals surface area contributed by atoms with Crippen molar-refractivity contribution in [3.8, 4) is 0 Å². The highest BCUT2D eigenvalue weighted by Gasteiger charge is 2.23. The third-order valence-electron chi connectivity index (χ3n) is 3.03. The van der Waals surface area contributed by atoms with E-state index in [1.54, 1.807) is 0 Å². The highest BCUT2D eigenvalue weighted by atomic mass is 15.3. The van der Waals surface area contributed by atoms with E-state index in [1.165, 1.54) is 32.2 Å². The maximum atomic E-state index is 3.88. The van der Waals surface area contributed by atoms with Gasteiger partial charge < -0.3 is 4.48 Å². The van der Waals surface area contributed by atoms with E-state index in [0.29, 0.717) is 0 Å². The fraction of sp³-hybridized carbons (Fsp3) is 0.833. The van der Waals surface area contributed by atoms with Crippen molar-refractivity contribution in [1.82, 2.24) is 0 Å². The van der Waals surface area contributed by atoms with Gasteiger partial charge in [0.05, 0.1) is 27.7 Å². The second-order valence-electron chi connectivity index (χ2n) is 5.49. The van der Waals surface area contributed by atoms with E-state index in [9.17, 15) is 0 Å². The summed E-state index contributed by atoms with van der Waals surface area (Å²) in [6.45, 7) is 5.22. The first kappa shape index (κ1) is 10.8. The molecule has 0 aliphatic heterocycles. The average Bonchev–Trinajstić information content (AvgIpc) is 2.03. The van der Waals surface area contributed by atoms with Gasteiger partial charge in [-0.05, 0) is 31.6 Å². The molecule has 1 nitrogen and oxygen atoms in total. The van der Waals surface area contributed by atoms with Crippen LogP contribution in [0.5, 0.6) is 0 Å². The van der Waals surface area contributed by atoms with Gasteiger partial charge in [-0.1, -0.05) is 6.08 Å². The molecule has 0 aromatic carbocycles. The quantitative estimate of drug-likeness (QED) is 0.465. The topological polar surface area (TPSA) is 0 Å². The largest absolute Gasteiger partial charge is 0.331 e. The van der Waals surface area contributed by atoms with Crippen molar-refractivity contribution in [2.45, 2.75) is 25.7 Å². The summed E-state index contributed by atoms with van der Waals surface area (Å²) in [5.41, 5.74) is 0. The summed E-state index contributed by atoms with van der Waals surface area (Å²) in [7, 11) is 6.87. The van der Waals surface area contributed by atoms with Gasteiger partial charge in [0.15, 0.2) is 0 Å². The van der Waals surface area contributed by atoms with Crippen molar-refractivity contribution in [2.24, 2.45) is 11.8 Å². The van der Waals surface area contributed by atoms with Crippen LogP contribution in [0.15, 0.2) is 12.7 Å². The zero-order chi connectivity index (χ0) is 9.90. The second-order valence-corrected chi connectivity index (χ2v) is 5.49. The Morgan fingerprint density at radius 3 is 2.08 bits per heavy atom. The molecule has 0 unspecified atom stereocenters. The smallest absolute Gasteiger partial charge is 0.0809 e. The zero-order valence-electron chi connectivity index (χ0n) is 9.42. The summed E-state index contributed by atoms with van der Waals surface area (Å²) in [5, 5.41) is 0. The normalized spacial score (nSPS) is 30.1. The molecular weight excluding hydrogens is 158 g/mol. The summed E-state index contributed by atoms with van der Waals surface area (Å²) < 4.78 is 1.11. The standard InChI is InChI=1S/C12H24N/c1-5-11-6-8-12(9-7-11)10-13(2,3)4/h5,11-12H,1,6-10H2,2-4H3/q+1. The van der Waals surface area contributed by atoms with Crippen LogP contribution in [-0.4, -0.2) is 32.2 Å². The third kappa shape index (κ3) is 3.95. The van der Waals surface area contributed by atoms with E-state index in [1.807, 2.05) is 0 Å². The van der Waals surface area contributed by atoms with Crippen LogP contribution in [0.3, 0.4) is 0 Å². The molecule has 76 valence electrons. The van der Waals surface area contributed by atoms with Gasteiger partial charge in [-0.25, -0.2) is 0 Å². The second kappa shape index (κ2) is 4.28. The number of hydrogen-bond acceptors (Lipinski definition) is 0. The highest BCUT2D eigenvalue weighted by Crippen LogP contribution is 2.30. The molecule has 0 amide bonds. The molecule has 1 heteroatoms. The summed E-state index contributed by atoms with van der Waals surface area (Å²) in [6, 6.07) is 0. The number of hydrogen-bond donors (Lipinski definition) is 0. The van der Waals surface area contributed by atoms with Gasteiger partial charge in [0.2, 0.25) is 0 Å². The lowest BCUT2D eigenvalue weighted by molar-refractivity contribution is -0.874. The molecule has 1 aliphatic carbocycles. The Labute approximate surface area is 83.0 Å². The molecule has 0 spiro atoms. The SMILES string of the molecule is C=CC1CCC(C[N+](C)(C)C)CC1. The first-order valence-electron chi connectivity index (χ1n) is 5.44. The molecule has 1 aliphatic rings. The van der Waals surface area contributed by atoms with Crippen LogP contribution in [0.4, 0.5) is 0 Å². The minimum absolute atomic E-state index is 0.809. The Morgan fingerprint density at radius 2 is 1.69 bits per heavy atom. The molecule has 0 radical (unpaired) electrons. The summed E-state index contributed by atoms with van der Waals surface area (Å²) in [6.07, 6.45) is 7.70. The Hall–Kier alpha value is -0.300. The third-order valence-corrected chi connectivity index (χ3v) is 3.03.